The summed E-state index contributed by atoms with van der Waals surface area (Å²) in [5.41, 5.74) is 1.62. The first-order valence-corrected chi connectivity index (χ1v) is 10.00. The summed E-state index contributed by atoms with van der Waals surface area (Å²) in [6, 6.07) is 4.98. The number of aromatic nitrogens is 2. The van der Waals surface area contributed by atoms with Crippen molar-refractivity contribution in [2.45, 2.75) is 12.8 Å². The van der Waals surface area contributed by atoms with Gasteiger partial charge >= 0.3 is 6.03 Å². The van der Waals surface area contributed by atoms with Gasteiger partial charge < -0.3 is 19.9 Å². The normalized spacial score (nSPS) is 13.2. The van der Waals surface area contributed by atoms with Crippen molar-refractivity contribution >= 4 is 34.8 Å². The van der Waals surface area contributed by atoms with E-state index >= 15 is 0 Å². The number of urea groups is 1. The predicted molar refractivity (Wildman–Crippen MR) is 116 cm³/mol. The number of benzene rings is 1. The Hall–Kier alpha value is -3.09. The lowest BCUT2D eigenvalue weighted by atomic mass is 10.2. The number of likely N-dealkylation sites (N-methyl/N-ethyl adjacent to an activating group) is 1. The van der Waals surface area contributed by atoms with Gasteiger partial charge in [0.1, 0.15) is 18.4 Å². The lowest BCUT2D eigenvalue weighted by Gasteiger charge is -2.23. The van der Waals surface area contributed by atoms with Gasteiger partial charge in [-0.3, -0.25) is 5.32 Å². The zero-order chi connectivity index (χ0) is 21.5. The number of nitriles is 1. The van der Waals surface area contributed by atoms with Gasteiger partial charge in [-0.2, -0.15) is 5.26 Å². The Bertz CT molecular complexity index is 922. The maximum atomic E-state index is 12.5. The van der Waals surface area contributed by atoms with Gasteiger partial charge in [0.15, 0.2) is 11.5 Å². The fraction of sp³-hybridized carbons (Fsp3) is 0.400. The average Bonchev–Trinajstić information content (AvgIpc) is 3.24. The van der Waals surface area contributed by atoms with Gasteiger partial charge in [-0.05, 0) is 33.0 Å². The fourth-order valence-corrected chi connectivity index (χ4v) is 3.25. The van der Waals surface area contributed by atoms with E-state index in [0.29, 0.717) is 23.1 Å². The molecule has 0 radical (unpaired) electrons. The molecule has 0 atom stereocenters. The van der Waals surface area contributed by atoms with E-state index in [1.807, 2.05) is 31.1 Å². The number of hydrogen-bond donors (Lipinski definition) is 2. The first-order valence-electron chi connectivity index (χ1n) is 9.62. The minimum Gasteiger partial charge on any atom is -0.491 e. The van der Waals surface area contributed by atoms with E-state index < -0.39 is 6.03 Å². The highest BCUT2D eigenvalue weighted by atomic mass is 35.5. The maximum Gasteiger partial charge on any atom is 0.324 e. The molecular weight excluding hydrogens is 406 g/mol. The maximum absolute atomic E-state index is 12.5. The second-order valence-electron chi connectivity index (χ2n) is 7.12. The summed E-state index contributed by atoms with van der Waals surface area (Å²) < 4.78 is 5.85. The van der Waals surface area contributed by atoms with Gasteiger partial charge in [-0.1, -0.05) is 11.6 Å². The molecule has 0 unspecified atom stereocenters. The Morgan fingerprint density at radius 1 is 1.27 bits per heavy atom. The Labute approximate surface area is 180 Å². The van der Waals surface area contributed by atoms with Crippen molar-refractivity contribution < 1.29 is 9.53 Å². The van der Waals surface area contributed by atoms with Crippen molar-refractivity contribution in [3.63, 3.8) is 0 Å². The molecule has 2 N–H and O–H groups in total. The molecule has 0 bridgehead atoms. The van der Waals surface area contributed by atoms with Crippen LogP contribution in [0, 0.1) is 11.3 Å². The highest BCUT2D eigenvalue weighted by Gasteiger charge is 2.20. The van der Waals surface area contributed by atoms with Crippen LogP contribution < -0.4 is 20.3 Å². The first kappa shape index (κ1) is 21.6. The van der Waals surface area contributed by atoms with E-state index in [1.165, 1.54) is 12.4 Å². The molecule has 1 aromatic heterocycles. The summed E-state index contributed by atoms with van der Waals surface area (Å²) in [5.74, 6) is 0.827. The predicted octanol–water partition coefficient (Wildman–Crippen LogP) is 3.19. The van der Waals surface area contributed by atoms with Crippen LogP contribution in [-0.4, -0.2) is 61.2 Å². The van der Waals surface area contributed by atoms with Crippen molar-refractivity contribution in [3.05, 3.63) is 35.2 Å². The zero-order valence-electron chi connectivity index (χ0n) is 17.0. The molecule has 1 fully saturated rings. The molecule has 30 heavy (non-hydrogen) atoms. The molecule has 2 aromatic rings. The molecule has 0 saturated carbocycles. The number of anilines is 3. The van der Waals surface area contributed by atoms with E-state index in [0.717, 1.165) is 38.2 Å². The van der Waals surface area contributed by atoms with Crippen LogP contribution in [0.15, 0.2) is 24.5 Å². The van der Waals surface area contributed by atoms with Gasteiger partial charge in [0.25, 0.3) is 0 Å². The van der Waals surface area contributed by atoms with E-state index in [2.05, 4.69) is 25.5 Å². The van der Waals surface area contributed by atoms with Crippen LogP contribution in [0.4, 0.5) is 22.0 Å². The molecule has 2 amide bonds. The van der Waals surface area contributed by atoms with Crippen molar-refractivity contribution in [3.8, 4) is 11.8 Å². The fourth-order valence-electron chi connectivity index (χ4n) is 3.03. The molecule has 2 heterocycles. The number of amides is 2. The molecular formula is C20H24ClN7O2. The third-order valence-electron chi connectivity index (χ3n) is 4.55. The van der Waals surface area contributed by atoms with E-state index in [1.54, 1.807) is 6.07 Å². The minimum atomic E-state index is -0.480. The van der Waals surface area contributed by atoms with Crippen LogP contribution in [0.1, 0.15) is 18.5 Å². The van der Waals surface area contributed by atoms with Crippen molar-refractivity contribution in [1.82, 2.24) is 14.9 Å². The van der Waals surface area contributed by atoms with Gasteiger partial charge in [0.05, 0.1) is 28.8 Å². The molecule has 1 saturated heterocycles. The summed E-state index contributed by atoms with van der Waals surface area (Å²) in [5, 5.41) is 14.7. The second kappa shape index (κ2) is 10.1. The van der Waals surface area contributed by atoms with E-state index in [9.17, 15) is 4.79 Å². The van der Waals surface area contributed by atoms with Crippen LogP contribution in [0.5, 0.6) is 5.75 Å². The van der Waals surface area contributed by atoms with Crippen LogP contribution in [0.2, 0.25) is 5.02 Å². The largest absolute Gasteiger partial charge is 0.491 e. The standard InChI is InChI=1S/C20H24ClN7O2/c1-27(2)7-8-30-18-10-17(28-5-3-4-6-28)16(9-15(18)21)25-20(29)26-19-13-23-14(11-22)12-24-19/h9-10,12-13H,3-8H2,1-2H3,(H2,24,25,26,29). The number of hydrogen-bond acceptors (Lipinski definition) is 7. The minimum absolute atomic E-state index is 0.175. The molecule has 3 rings (SSSR count). The number of nitrogens with zero attached hydrogens (tertiary/aromatic N) is 5. The molecule has 0 aliphatic carbocycles. The number of nitrogens with one attached hydrogen (secondary N) is 2. The monoisotopic (exact) mass is 429 g/mol. The summed E-state index contributed by atoms with van der Waals surface area (Å²) in [7, 11) is 3.95. The number of halogens is 1. The summed E-state index contributed by atoms with van der Waals surface area (Å²) in [4.78, 5) is 24.6. The second-order valence-corrected chi connectivity index (χ2v) is 7.53. The van der Waals surface area contributed by atoms with Gasteiger partial charge in [0.2, 0.25) is 0 Å². The number of rotatable bonds is 7. The number of ether oxygens (including phenoxy) is 1. The van der Waals surface area contributed by atoms with E-state index in [4.69, 9.17) is 21.6 Å². The Morgan fingerprint density at radius 2 is 2.03 bits per heavy atom. The molecule has 0 spiro atoms. The lowest BCUT2D eigenvalue weighted by molar-refractivity contribution is 0.261. The van der Waals surface area contributed by atoms with Gasteiger partial charge in [-0.15, -0.1) is 0 Å². The van der Waals surface area contributed by atoms with Gasteiger partial charge in [0, 0.05) is 25.7 Å². The third-order valence-corrected chi connectivity index (χ3v) is 4.84. The lowest BCUT2D eigenvalue weighted by Crippen LogP contribution is -2.24. The third kappa shape index (κ3) is 5.72. The van der Waals surface area contributed by atoms with E-state index in [-0.39, 0.29) is 11.5 Å². The van der Waals surface area contributed by atoms with Crippen LogP contribution in [-0.2, 0) is 0 Å². The molecule has 158 valence electrons. The molecule has 1 aromatic carbocycles. The van der Waals surface area contributed by atoms with Crippen LogP contribution in [0.3, 0.4) is 0 Å². The molecule has 1 aliphatic rings. The highest BCUT2D eigenvalue weighted by molar-refractivity contribution is 6.32. The number of carbonyl (C=O) groups is 1. The Balaban J connectivity index is 1.76. The van der Waals surface area contributed by atoms with Crippen molar-refractivity contribution in [1.29, 1.82) is 5.26 Å². The smallest absolute Gasteiger partial charge is 0.324 e. The summed E-state index contributed by atoms with van der Waals surface area (Å²) >= 11 is 6.42. The zero-order valence-corrected chi connectivity index (χ0v) is 17.7. The quantitative estimate of drug-likeness (QED) is 0.696. The highest BCUT2D eigenvalue weighted by Crippen LogP contribution is 2.38. The molecule has 1 aliphatic heterocycles. The molecule has 9 nitrogen and oxygen atoms in total. The molecule has 10 heteroatoms. The summed E-state index contributed by atoms with van der Waals surface area (Å²) in [6.45, 7) is 3.08. The SMILES string of the molecule is CN(C)CCOc1cc(N2CCCC2)c(NC(=O)Nc2cnc(C#N)cn2)cc1Cl. The topological polar surface area (TPSA) is 106 Å². The average molecular weight is 430 g/mol. The van der Waals surface area contributed by atoms with Crippen molar-refractivity contribution in [2.75, 3.05) is 55.9 Å². The first-order chi connectivity index (χ1) is 14.5. The van der Waals surface area contributed by atoms with Crippen LogP contribution >= 0.6 is 11.6 Å². The van der Waals surface area contributed by atoms with Gasteiger partial charge in [-0.25, -0.2) is 14.8 Å². The van der Waals surface area contributed by atoms with Crippen LogP contribution in [0.25, 0.3) is 0 Å². The number of carbonyl (C=O) groups excluding carboxylic acids is 1. The Kier molecular flexibility index (Phi) is 7.27. The van der Waals surface area contributed by atoms with Crippen molar-refractivity contribution in [2.24, 2.45) is 0 Å². The Morgan fingerprint density at radius 3 is 2.67 bits per heavy atom. The summed E-state index contributed by atoms with van der Waals surface area (Å²) in [6.07, 6.45) is 4.80.